The van der Waals surface area contributed by atoms with Crippen molar-refractivity contribution in [2.45, 2.75) is 55.9 Å². The lowest BCUT2D eigenvalue weighted by molar-refractivity contribution is 0.202. The van der Waals surface area contributed by atoms with E-state index in [1.807, 2.05) is 6.92 Å². The van der Waals surface area contributed by atoms with Crippen LogP contribution in [0.4, 0.5) is 0 Å². The molecule has 0 aromatic carbocycles. The number of thiophene rings is 1. The Kier molecular flexibility index (Phi) is 3.92. The van der Waals surface area contributed by atoms with Crippen LogP contribution in [0.25, 0.3) is 0 Å². The first-order valence-corrected chi connectivity index (χ1v) is 9.51. The summed E-state index contributed by atoms with van der Waals surface area (Å²) in [6.45, 7) is 2.42. The maximum Gasteiger partial charge on any atom is 0.252 e. The number of piperidine rings is 1. The molecule has 1 aromatic heterocycles. The van der Waals surface area contributed by atoms with Crippen molar-refractivity contribution in [2.75, 3.05) is 6.54 Å². The quantitative estimate of drug-likeness (QED) is 0.932. The van der Waals surface area contributed by atoms with Gasteiger partial charge in [-0.3, -0.25) is 0 Å². The molecule has 1 saturated carbocycles. The summed E-state index contributed by atoms with van der Waals surface area (Å²) in [5, 5.41) is 9.26. The molecule has 112 valence electrons. The average molecular weight is 315 g/mol. The molecule has 0 bridgehead atoms. The largest absolute Gasteiger partial charge is 0.391 e. The van der Waals surface area contributed by atoms with Crippen LogP contribution < -0.4 is 0 Å². The van der Waals surface area contributed by atoms with Crippen molar-refractivity contribution < 1.29 is 13.5 Å². The van der Waals surface area contributed by atoms with Crippen LogP contribution in [0.3, 0.4) is 0 Å². The molecule has 3 rings (SSSR count). The van der Waals surface area contributed by atoms with Crippen molar-refractivity contribution in [3.8, 4) is 0 Å². The minimum Gasteiger partial charge on any atom is -0.391 e. The molecule has 20 heavy (non-hydrogen) atoms. The number of nitrogens with zero attached hydrogens (tertiary/aromatic N) is 1. The van der Waals surface area contributed by atoms with Crippen LogP contribution in [-0.2, 0) is 16.6 Å². The van der Waals surface area contributed by atoms with Gasteiger partial charge in [0.1, 0.15) is 4.21 Å². The highest BCUT2D eigenvalue weighted by molar-refractivity contribution is 7.91. The minimum absolute atomic E-state index is 0.0852. The molecule has 2 unspecified atom stereocenters. The summed E-state index contributed by atoms with van der Waals surface area (Å²) in [6.07, 6.45) is 5.45. The first-order valence-electron chi connectivity index (χ1n) is 7.26. The number of hydrogen-bond acceptors (Lipinski definition) is 4. The third-order valence-corrected chi connectivity index (χ3v) is 8.24. The Hall–Kier alpha value is -0.430. The van der Waals surface area contributed by atoms with Crippen molar-refractivity contribution in [3.05, 3.63) is 16.5 Å². The van der Waals surface area contributed by atoms with E-state index in [9.17, 15) is 13.5 Å². The van der Waals surface area contributed by atoms with Crippen LogP contribution in [0.1, 0.15) is 42.5 Å². The van der Waals surface area contributed by atoms with Crippen LogP contribution in [0.5, 0.6) is 0 Å². The predicted octanol–water partition coefficient (Wildman–Crippen LogP) is 2.50. The average Bonchev–Trinajstić information content (AvgIpc) is 3.04. The van der Waals surface area contributed by atoms with E-state index < -0.39 is 10.0 Å². The first kappa shape index (κ1) is 14.5. The van der Waals surface area contributed by atoms with E-state index in [-0.39, 0.29) is 12.6 Å². The monoisotopic (exact) mass is 315 g/mol. The SMILES string of the molecule is Cc1cc(S(=O)(=O)N2CCCC3CCCC32)sc1CO. The molecule has 2 fully saturated rings. The van der Waals surface area contributed by atoms with Crippen molar-refractivity contribution >= 4 is 21.4 Å². The van der Waals surface area contributed by atoms with Gasteiger partial charge in [0.25, 0.3) is 10.0 Å². The highest BCUT2D eigenvalue weighted by Gasteiger charge is 2.41. The summed E-state index contributed by atoms with van der Waals surface area (Å²) >= 11 is 1.21. The van der Waals surface area contributed by atoms with Crippen molar-refractivity contribution in [2.24, 2.45) is 5.92 Å². The molecule has 6 heteroatoms. The van der Waals surface area contributed by atoms with E-state index in [0.717, 1.165) is 29.7 Å². The summed E-state index contributed by atoms with van der Waals surface area (Å²) in [4.78, 5) is 0.753. The standard InChI is InChI=1S/C14H21NO3S2/c1-10-8-14(19-13(10)9-16)20(17,18)15-7-3-5-11-4-2-6-12(11)15/h8,11-12,16H,2-7,9H2,1H3. The fourth-order valence-corrected chi connectivity index (χ4v) is 6.93. The van der Waals surface area contributed by atoms with Gasteiger partial charge < -0.3 is 5.11 Å². The van der Waals surface area contributed by atoms with Gasteiger partial charge >= 0.3 is 0 Å². The lowest BCUT2D eigenvalue weighted by Gasteiger charge is -2.36. The van der Waals surface area contributed by atoms with Crippen molar-refractivity contribution in [1.29, 1.82) is 0 Å². The molecule has 2 atom stereocenters. The normalized spacial score (nSPS) is 27.7. The summed E-state index contributed by atoms with van der Waals surface area (Å²) in [5.41, 5.74) is 0.871. The third kappa shape index (κ3) is 2.32. The van der Waals surface area contributed by atoms with Gasteiger partial charge in [0.2, 0.25) is 0 Å². The summed E-state index contributed by atoms with van der Waals surface area (Å²) in [7, 11) is -3.39. The number of sulfonamides is 1. The molecule has 2 aliphatic rings. The second kappa shape index (κ2) is 5.40. The van der Waals surface area contributed by atoms with Gasteiger partial charge in [-0.25, -0.2) is 8.42 Å². The van der Waals surface area contributed by atoms with Crippen LogP contribution in [0.15, 0.2) is 10.3 Å². The van der Waals surface area contributed by atoms with E-state index in [1.165, 1.54) is 24.2 Å². The van der Waals surface area contributed by atoms with Gasteiger partial charge in [-0.2, -0.15) is 4.31 Å². The zero-order valence-corrected chi connectivity index (χ0v) is 13.3. The summed E-state index contributed by atoms with van der Waals surface area (Å²) in [5.74, 6) is 0.553. The molecule has 0 spiro atoms. The van der Waals surface area contributed by atoms with Crippen LogP contribution >= 0.6 is 11.3 Å². The summed E-state index contributed by atoms with van der Waals surface area (Å²) in [6, 6.07) is 1.91. The number of aryl methyl sites for hydroxylation is 1. The van der Waals surface area contributed by atoms with Crippen molar-refractivity contribution in [1.82, 2.24) is 4.31 Å². The molecular formula is C14H21NO3S2. The van der Waals surface area contributed by atoms with Gasteiger partial charge in [0.15, 0.2) is 0 Å². The molecule has 1 saturated heterocycles. The minimum atomic E-state index is -3.39. The van der Waals surface area contributed by atoms with Gasteiger partial charge in [-0.15, -0.1) is 11.3 Å². The molecule has 1 aromatic rings. The topological polar surface area (TPSA) is 57.6 Å². The molecule has 1 aliphatic carbocycles. The van der Waals surface area contributed by atoms with E-state index in [1.54, 1.807) is 10.4 Å². The fourth-order valence-electron chi connectivity index (χ4n) is 3.59. The number of rotatable bonds is 3. The smallest absolute Gasteiger partial charge is 0.252 e. The van der Waals surface area contributed by atoms with Crippen molar-refractivity contribution in [3.63, 3.8) is 0 Å². The number of hydrogen-bond donors (Lipinski definition) is 1. The van der Waals surface area contributed by atoms with Gasteiger partial charge in [-0.05, 0) is 50.2 Å². The fraction of sp³-hybridized carbons (Fsp3) is 0.714. The Labute approximate surface area is 124 Å². The maximum absolute atomic E-state index is 12.9. The lowest BCUT2D eigenvalue weighted by Crippen LogP contribution is -2.45. The first-order chi connectivity index (χ1) is 9.54. The van der Waals surface area contributed by atoms with Gasteiger partial charge in [0.05, 0.1) is 6.61 Å². The Morgan fingerprint density at radius 3 is 2.80 bits per heavy atom. The van der Waals surface area contributed by atoms with Crippen LogP contribution in [-0.4, -0.2) is 30.4 Å². The number of aliphatic hydroxyl groups excluding tert-OH is 1. The zero-order chi connectivity index (χ0) is 14.3. The molecular weight excluding hydrogens is 294 g/mol. The third-order valence-electron chi connectivity index (χ3n) is 4.65. The van der Waals surface area contributed by atoms with Crippen LogP contribution in [0, 0.1) is 12.8 Å². The molecule has 1 N–H and O–H groups in total. The Morgan fingerprint density at radius 2 is 2.10 bits per heavy atom. The second-order valence-corrected chi connectivity index (χ2v) is 9.10. The highest BCUT2D eigenvalue weighted by atomic mass is 32.2. The second-order valence-electron chi connectivity index (χ2n) is 5.85. The Bertz CT molecular complexity index is 594. The lowest BCUT2D eigenvalue weighted by atomic mass is 9.94. The Morgan fingerprint density at radius 1 is 1.35 bits per heavy atom. The molecule has 1 aliphatic heterocycles. The molecule has 0 radical (unpaired) electrons. The number of fused-ring (bicyclic) bond motifs is 1. The van der Waals surface area contributed by atoms with E-state index in [4.69, 9.17) is 0 Å². The highest BCUT2D eigenvalue weighted by Crippen LogP contribution is 2.40. The number of aliphatic hydroxyl groups is 1. The van der Waals surface area contributed by atoms with Crippen LogP contribution in [0.2, 0.25) is 0 Å². The molecule has 2 heterocycles. The zero-order valence-electron chi connectivity index (χ0n) is 11.7. The van der Waals surface area contributed by atoms with Gasteiger partial charge in [0, 0.05) is 17.5 Å². The maximum atomic E-state index is 12.9. The van der Waals surface area contributed by atoms with E-state index in [2.05, 4.69) is 0 Å². The summed E-state index contributed by atoms with van der Waals surface area (Å²) < 4.78 is 27.9. The molecule has 4 nitrogen and oxygen atoms in total. The van der Waals surface area contributed by atoms with Gasteiger partial charge in [-0.1, -0.05) is 6.42 Å². The Balaban J connectivity index is 1.94. The molecule has 0 amide bonds. The van der Waals surface area contributed by atoms with E-state index >= 15 is 0 Å². The predicted molar refractivity (Wildman–Crippen MR) is 79.2 cm³/mol. The van der Waals surface area contributed by atoms with E-state index in [0.29, 0.717) is 16.7 Å².